The summed E-state index contributed by atoms with van der Waals surface area (Å²) in [6, 6.07) is -0.667. The minimum atomic E-state index is -1.37. The van der Waals surface area contributed by atoms with E-state index in [2.05, 4.69) is 10.6 Å². The third-order valence-electron chi connectivity index (χ3n) is 2.33. The molecule has 3 N–H and O–H groups in total. The molecule has 0 radical (unpaired) electrons. The van der Waals surface area contributed by atoms with Crippen molar-refractivity contribution in [3.63, 3.8) is 0 Å². The van der Waals surface area contributed by atoms with Crippen LogP contribution < -0.4 is 16.0 Å². The lowest BCUT2D eigenvalue weighted by Crippen LogP contribution is -2.45. The summed E-state index contributed by atoms with van der Waals surface area (Å²) in [4.78, 5) is 22.7. The SMILES string of the molecule is CCNC(=O)NC(=O)C(C)Nc1cc(F)cc(F)c1F. The van der Waals surface area contributed by atoms with Gasteiger partial charge in [-0.15, -0.1) is 0 Å². The Morgan fingerprint density at radius 1 is 1.25 bits per heavy atom. The standard InChI is InChI=1S/C12H14F3N3O2/c1-3-16-12(20)18-11(19)6(2)17-9-5-7(13)4-8(14)10(9)15/h4-6,17H,3H2,1-2H3,(H2,16,18,19,20). The van der Waals surface area contributed by atoms with Gasteiger partial charge in [-0.05, 0) is 13.8 Å². The van der Waals surface area contributed by atoms with Gasteiger partial charge in [-0.25, -0.2) is 18.0 Å². The van der Waals surface area contributed by atoms with Crippen molar-refractivity contribution in [2.45, 2.75) is 19.9 Å². The zero-order chi connectivity index (χ0) is 15.3. The summed E-state index contributed by atoms with van der Waals surface area (Å²) in [5, 5.41) is 6.61. The summed E-state index contributed by atoms with van der Waals surface area (Å²) in [6.07, 6.45) is 0. The van der Waals surface area contributed by atoms with Gasteiger partial charge in [0.25, 0.3) is 0 Å². The quantitative estimate of drug-likeness (QED) is 0.740. The van der Waals surface area contributed by atoms with Gasteiger partial charge in [-0.3, -0.25) is 10.1 Å². The van der Waals surface area contributed by atoms with Crippen LogP contribution in [0.15, 0.2) is 12.1 Å². The number of benzene rings is 1. The van der Waals surface area contributed by atoms with Crippen LogP contribution in [-0.4, -0.2) is 24.5 Å². The average molecular weight is 289 g/mol. The Labute approximate surface area is 113 Å². The number of amides is 3. The monoisotopic (exact) mass is 289 g/mol. The number of hydrogen-bond acceptors (Lipinski definition) is 3. The molecule has 3 amide bonds. The number of halogens is 3. The number of urea groups is 1. The molecule has 0 fully saturated rings. The molecule has 8 heteroatoms. The normalized spacial score (nSPS) is 11.7. The van der Waals surface area contributed by atoms with Gasteiger partial charge in [0.2, 0.25) is 5.91 Å². The van der Waals surface area contributed by atoms with Crippen LogP contribution in [0.2, 0.25) is 0 Å². The van der Waals surface area contributed by atoms with Gasteiger partial charge in [-0.2, -0.15) is 0 Å². The summed E-state index contributed by atoms with van der Waals surface area (Å²) in [6.45, 7) is 3.30. The molecule has 110 valence electrons. The van der Waals surface area contributed by atoms with E-state index in [0.717, 1.165) is 0 Å². The van der Waals surface area contributed by atoms with Crippen molar-refractivity contribution < 1.29 is 22.8 Å². The first-order valence-electron chi connectivity index (χ1n) is 5.85. The van der Waals surface area contributed by atoms with Gasteiger partial charge in [0, 0.05) is 18.7 Å². The van der Waals surface area contributed by atoms with Gasteiger partial charge < -0.3 is 10.6 Å². The summed E-state index contributed by atoms with van der Waals surface area (Å²) in [5.74, 6) is -4.42. The third kappa shape index (κ3) is 4.15. The molecule has 1 aromatic rings. The molecular weight excluding hydrogens is 275 g/mol. The number of anilines is 1. The van der Waals surface area contributed by atoms with Crippen molar-refractivity contribution in [3.05, 3.63) is 29.6 Å². The van der Waals surface area contributed by atoms with E-state index in [0.29, 0.717) is 18.7 Å². The molecular formula is C12H14F3N3O2. The first kappa shape index (κ1) is 15.8. The first-order chi connectivity index (χ1) is 9.35. The predicted octanol–water partition coefficient (Wildman–Crippen LogP) is 1.75. The fourth-order valence-electron chi connectivity index (χ4n) is 1.38. The Kier molecular flexibility index (Phi) is 5.36. The van der Waals surface area contributed by atoms with Crippen molar-refractivity contribution >= 4 is 17.6 Å². The molecule has 0 heterocycles. The van der Waals surface area contributed by atoms with Crippen LogP contribution in [0, 0.1) is 17.5 Å². The van der Waals surface area contributed by atoms with Crippen molar-refractivity contribution in [3.8, 4) is 0 Å². The highest BCUT2D eigenvalue weighted by Crippen LogP contribution is 2.19. The lowest BCUT2D eigenvalue weighted by molar-refractivity contribution is -0.120. The minimum absolute atomic E-state index is 0.324. The van der Waals surface area contributed by atoms with Gasteiger partial charge >= 0.3 is 6.03 Å². The van der Waals surface area contributed by atoms with Crippen LogP contribution in [0.1, 0.15) is 13.8 Å². The van der Waals surface area contributed by atoms with Crippen LogP contribution in [0.4, 0.5) is 23.7 Å². The number of imide groups is 1. The highest BCUT2D eigenvalue weighted by atomic mass is 19.2. The molecule has 20 heavy (non-hydrogen) atoms. The highest BCUT2D eigenvalue weighted by molar-refractivity contribution is 5.97. The zero-order valence-electron chi connectivity index (χ0n) is 10.9. The largest absolute Gasteiger partial charge is 0.371 e. The third-order valence-corrected chi connectivity index (χ3v) is 2.33. The van der Waals surface area contributed by atoms with Crippen molar-refractivity contribution in [2.24, 2.45) is 0 Å². The van der Waals surface area contributed by atoms with Crippen LogP contribution in [0.25, 0.3) is 0 Å². The molecule has 0 saturated carbocycles. The molecule has 1 atom stereocenters. The minimum Gasteiger partial charge on any atom is -0.371 e. The molecule has 0 saturated heterocycles. The van der Waals surface area contributed by atoms with Crippen LogP contribution in [0.5, 0.6) is 0 Å². The lowest BCUT2D eigenvalue weighted by atomic mass is 10.2. The zero-order valence-corrected chi connectivity index (χ0v) is 10.9. The van der Waals surface area contributed by atoms with Crippen LogP contribution in [0.3, 0.4) is 0 Å². The maximum atomic E-state index is 13.4. The number of rotatable bonds is 4. The molecule has 0 aromatic heterocycles. The van der Waals surface area contributed by atoms with E-state index in [9.17, 15) is 22.8 Å². The summed E-state index contributed by atoms with van der Waals surface area (Å²) >= 11 is 0. The number of hydrogen-bond donors (Lipinski definition) is 3. The smallest absolute Gasteiger partial charge is 0.321 e. The number of carbonyl (C=O) groups is 2. The Hall–Kier alpha value is -2.25. The first-order valence-corrected chi connectivity index (χ1v) is 5.85. The Morgan fingerprint density at radius 3 is 2.50 bits per heavy atom. The van der Waals surface area contributed by atoms with E-state index >= 15 is 0 Å². The van der Waals surface area contributed by atoms with E-state index in [-0.39, 0.29) is 0 Å². The summed E-state index contributed by atoms with van der Waals surface area (Å²) in [5.41, 5.74) is -0.499. The molecule has 1 unspecified atom stereocenters. The van der Waals surface area contributed by atoms with Gasteiger partial charge in [-0.1, -0.05) is 0 Å². The predicted molar refractivity (Wildman–Crippen MR) is 66.6 cm³/mol. The van der Waals surface area contributed by atoms with Gasteiger partial charge in [0.15, 0.2) is 11.6 Å². The topological polar surface area (TPSA) is 70.2 Å². The molecule has 0 aliphatic carbocycles. The average Bonchev–Trinajstić information content (AvgIpc) is 2.35. The highest BCUT2D eigenvalue weighted by Gasteiger charge is 2.18. The number of carbonyl (C=O) groups excluding carboxylic acids is 2. The van der Waals surface area contributed by atoms with Crippen molar-refractivity contribution in [1.82, 2.24) is 10.6 Å². The molecule has 0 aliphatic rings. The Balaban J connectivity index is 2.73. The van der Waals surface area contributed by atoms with E-state index in [4.69, 9.17) is 0 Å². The molecule has 5 nitrogen and oxygen atoms in total. The molecule has 1 aromatic carbocycles. The molecule has 0 spiro atoms. The van der Waals surface area contributed by atoms with E-state index < -0.39 is 41.1 Å². The van der Waals surface area contributed by atoms with E-state index in [1.54, 1.807) is 6.92 Å². The summed E-state index contributed by atoms with van der Waals surface area (Å²) in [7, 11) is 0. The van der Waals surface area contributed by atoms with Crippen LogP contribution >= 0.6 is 0 Å². The van der Waals surface area contributed by atoms with Gasteiger partial charge in [0.1, 0.15) is 11.9 Å². The van der Waals surface area contributed by atoms with Crippen molar-refractivity contribution in [1.29, 1.82) is 0 Å². The maximum Gasteiger partial charge on any atom is 0.321 e. The summed E-state index contributed by atoms with van der Waals surface area (Å²) < 4.78 is 39.3. The van der Waals surface area contributed by atoms with Crippen molar-refractivity contribution in [2.75, 3.05) is 11.9 Å². The second kappa shape index (κ2) is 6.78. The number of nitrogens with one attached hydrogen (secondary N) is 3. The Morgan fingerprint density at radius 2 is 1.90 bits per heavy atom. The fourth-order valence-corrected chi connectivity index (χ4v) is 1.38. The second-order valence-corrected chi connectivity index (χ2v) is 3.96. The van der Waals surface area contributed by atoms with E-state index in [1.807, 2.05) is 5.32 Å². The molecule has 0 bridgehead atoms. The van der Waals surface area contributed by atoms with Gasteiger partial charge in [0.05, 0.1) is 5.69 Å². The lowest BCUT2D eigenvalue weighted by Gasteiger charge is -2.15. The fraction of sp³-hybridized carbons (Fsp3) is 0.333. The molecule has 1 rings (SSSR count). The molecule has 0 aliphatic heterocycles. The second-order valence-electron chi connectivity index (χ2n) is 3.96. The van der Waals surface area contributed by atoms with E-state index in [1.165, 1.54) is 6.92 Å². The maximum absolute atomic E-state index is 13.4. The Bertz CT molecular complexity index is 523. The van der Waals surface area contributed by atoms with Crippen LogP contribution in [-0.2, 0) is 4.79 Å².